The van der Waals surface area contributed by atoms with Crippen LogP contribution in [0.2, 0.25) is 0 Å². The Hall–Kier alpha value is -0.610. The van der Waals surface area contributed by atoms with E-state index in [2.05, 4.69) is 34.3 Å². The molecule has 0 spiro atoms. The van der Waals surface area contributed by atoms with E-state index in [9.17, 15) is 4.79 Å². The monoisotopic (exact) mass is 536 g/mol. The standard InChI is InChI=1S/C22H44N6O.HI/c1-5-23-22(24-13-9-17-27-15-7-6-11-19(27)2)25-14-10-18-28-16-8-12-20(28)21(29)26(3)4;/h19-20H,5-18H2,1-4H3,(H2,23,24,25);1H. The van der Waals surface area contributed by atoms with Gasteiger partial charge in [0.1, 0.15) is 0 Å². The van der Waals surface area contributed by atoms with Crippen LogP contribution >= 0.6 is 24.0 Å². The van der Waals surface area contributed by atoms with Crippen LogP contribution < -0.4 is 10.6 Å². The summed E-state index contributed by atoms with van der Waals surface area (Å²) in [6.45, 7) is 11.5. The minimum atomic E-state index is 0. The molecule has 30 heavy (non-hydrogen) atoms. The SMILES string of the molecule is CCNC(=NCCCN1CCCC1C(=O)N(C)C)NCCCN1CCCCC1C.I. The Balaban J connectivity index is 0.00000450. The Morgan fingerprint density at radius 1 is 1.03 bits per heavy atom. The van der Waals surface area contributed by atoms with Crippen LogP contribution in [0, 0.1) is 0 Å². The average molecular weight is 537 g/mol. The van der Waals surface area contributed by atoms with Crippen LogP contribution in [0.3, 0.4) is 0 Å². The third-order valence-corrected chi connectivity index (χ3v) is 6.16. The molecule has 7 nitrogen and oxygen atoms in total. The molecule has 8 heteroatoms. The number of piperidine rings is 1. The van der Waals surface area contributed by atoms with Gasteiger partial charge in [0.15, 0.2) is 5.96 Å². The van der Waals surface area contributed by atoms with E-state index in [1.54, 1.807) is 4.90 Å². The maximum absolute atomic E-state index is 12.3. The molecule has 0 aliphatic carbocycles. The zero-order chi connectivity index (χ0) is 21.1. The number of carbonyl (C=O) groups excluding carboxylic acids is 1. The molecule has 0 saturated carbocycles. The molecule has 2 N–H and O–H groups in total. The van der Waals surface area contributed by atoms with Crippen LogP contribution in [-0.2, 0) is 4.79 Å². The number of halogens is 1. The summed E-state index contributed by atoms with van der Waals surface area (Å²) in [7, 11) is 3.70. The summed E-state index contributed by atoms with van der Waals surface area (Å²) in [5, 5.41) is 6.83. The number of amides is 1. The summed E-state index contributed by atoms with van der Waals surface area (Å²) < 4.78 is 0. The minimum absolute atomic E-state index is 0. The predicted octanol–water partition coefficient (Wildman–Crippen LogP) is 2.37. The normalized spacial score (nSPS) is 23.1. The molecule has 2 unspecified atom stereocenters. The molecule has 2 aliphatic heterocycles. The predicted molar refractivity (Wildman–Crippen MR) is 137 cm³/mol. The van der Waals surface area contributed by atoms with E-state index in [-0.39, 0.29) is 35.9 Å². The smallest absolute Gasteiger partial charge is 0.239 e. The van der Waals surface area contributed by atoms with E-state index in [1.807, 2.05) is 14.1 Å². The first-order chi connectivity index (χ1) is 14.0. The van der Waals surface area contributed by atoms with Gasteiger partial charge in [-0.3, -0.25) is 14.7 Å². The van der Waals surface area contributed by atoms with Crippen molar-refractivity contribution >= 4 is 35.8 Å². The number of hydrogen-bond acceptors (Lipinski definition) is 4. The number of rotatable bonds is 10. The fourth-order valence-corrected chi connectivity index (χ4v) is 4.46. The highest BCUT2D eigenvalue weighted by molar-refractivity contribution is 14.0. The van der Waals surface area contributed by atoms with Crippen molar-refractivity contribution in [2.75, 3.05) is 59.9 Å². The van der Waals surface area contributed by atoms with E-state index >= 15 is 0 Å². The molecule has 2 saturated heterocycles. The second kappa shape index (κ2) is 15.2. The van der Waals surface area contributed by atoms with Crippen molar-refractivity contribution in [2.45, 2.75) is 70.9 Å². The zero-order valence-corrected chi connectivity index (χ0v) is 22.0. The first-order valence-corrected chi connectivity index (χ1v) is 11.7. The molecule has 2 atom stereocenters. The fourth-order valence-electron chi connectivity index (χ4n) is 4.46. The van der Waals surface area contributed by atoms with E-state index in [0.717, 1.165) is 70.4 Å². The largest absolute Gasteiger partial charge is 0.357 e. The van der Waals surface area contributed by atoms with Gasteiger partial charge in [-0.15, -0.1) is 24.0 Å². The lowest BCUT2D eigenvalue weighted by molar-refractivity contribution is -0.133. The topological polar surface area (TPSA) is 63.2 Å². The summed E-state index contributed by atoms with van der Waals surface area (Å²) in [5.41, 5.74) is 0. The van der Waals surface area contributed by atoms with Gasteiger partial charge in [0, 0.05) is 52.9 Å². The van der Waals surface area contributed by atoms with Crippen LogP contribution in [0.1, 0.15) is 58.8 Å². The third kappa shape index (κ3) is 9.26. The van der Waals surface area contributed by atoms with Crippen molar-refractivity contribution in [3.8, 4) is 0 Å². The molecular weight excluding hydrogens is 491 g/mol. The van der Waals surface area contributed by atoms with Gasteiger partial charge in [-0.05, 0) is 65.5 Å². The highest BCUT2D eigenvalue weighted by atomic mass is 127. The lowest BCUT2D eigenvalue weighted by Gasteiger charge is -2.33. The second-order valence-corrected chi connectivity index (χ2v) is 8.70. The molecule has 2 rings (SSSR count). The molecule has 0 aromatic carbocycles. The molecule has 2 fully saturated rings. The third-order valence-electron chi connectivity index (χ3n) is 6.16. The summed E-state index contributed by atoms with van der Waals surface area (Å²) in [5.74, 6) is 1.16. The van der Waals surface area contributed by atoms with Crippen LogP contribution in [0.15, 0.2) is 4.99 Å². The van der Waals surface area contributed by atoms with Crippen LogP contribution in [0.25, 0.3) is 0 Å². The average Bonchev–Trinajstić information content (AvgIpc) is 3.17. The first kappa shape index (κ1) is 27.4. The first-order valence-electron chi connectivity index (χ1n) is 11.7. The number of guanidine groups is 1. The number of hydrogen-bond donors (Lipinski definition) is 2. The van der Waals surface area contributed by atoms with Crippen molar-refractivity contribution in [1.29, 1.82) is 0 Å². The van der Waals surface area contributed by atoms with Crippen LogP contribution in [0.4, 0.5) is 0 Å². The van der Waals surface area contributed by atoms with Gasteiger partial charge in [-0.2, -0.15) is 0 Å². The number of likely N-dealkylation sites (N-methyl/N-ethyl adjacent to an activating group) is 1. The maximum Gasteiger partial charge on any atom is 0.239 e. The van der Waals surface area contributed by atoms with Gasteiger partial charge in [-0.1, -0.05) is 6.42 Å². The van der Waals surface area contributed by atoms with Crippen LogP contribution in [0.5, 0.6) is 0 Å². The molecular formula is C22H45IN6O. The van der Waals surface area contributed by atoms with Gasteiger partial charge in [0.25, 0.3) is 0 Å². The molecule has 0 radical (unpaired) electrons. The number of likely N-dealkylation sites (tertiary alicyclic amines) is 2. The molecule has 0 aromatic rings. The number of nitrogens with one attached hydrogen (secondary N) is 2. The van der Waals surface area contributed by atoms with E-state index in [1.165, 1.54) is 32.4 Å². The highest BCUT2D eigenvalue weighted by Crippen LogP contribution is 2.19. The van der Waals surface area contributed by atoms with E-state index < -0.39 is 0 Å². The Morgan fingerprint density at radius 3 is 2.47 bits per heavy atom. The lowest BCUT2D eigenvalue weighted by atomic mass is 10.0. The molecule has 0 bridgehead atoms. The maximum atomic E-state index is 12.3. The summed E-state index contributed by atoms with van der Waals surface area (Å²) >= 11 is 0. The van der Waals surface area contributed by atoms with Crippen LogP contribution in [-0.4, -0.2) is 98.6 Å². The summed E-state index contributed by atoms with van der Waals surface area (Å²) in [6, 6.07) is 0.803. The van der Waals surface area contributed by atoms with Crippen molar-refractivity contribution in [3.63, 3.8) is 0 Å². The molecule has 176 valence electrons. The molecule has 2 aliphatic rings. The van der Waals surface area contributed by atoms with Crippen molar-refractivity contribution < 1.29 is 4.79 Å². The van der Waals surface area contributed by atoms with Gasteiger partial charge < -0.3 is 20.4 Å². The number of carbonyl (C=O) groups is 1. The Bertz CT molecular complexity index is 516. The van der Waals surface area contributed by atoms with Gasteiger partial charge >= 0.3 is 0 Å². The molecule has 2 heterocycles. The van der Waals surface area contributed by atoms with Crippen molar-refractivity contribution in [2.24, 2.45) is 4.99 Å². The zero-order valence-electron chi connectivity index (χ0n) is 19.7. The quantitative estimate of drug-likeness (QED) is 0.194. The summed E-state index contributed by atoms with van der Waals surface area (Å²) in [4.78, 5) is 23.7. The van der Waals surface area contributed by atoms with Crippen molar-refractivity contribution in [1.82, 2.24) is 25.3 Å². The summed E-state index contributed by atoms with van der Waals surface area (Å²) in [6.07, 6.45) is 8.31. The highest BCUT2D eigenvalue weighted by Gasteiger charge is 2.30. The minimum Gasteiger partial charge on any atom is -0.357 e. The van der Waals surface area contributed by atoms with Gasteiger partial charge in [0.2, 0.25) is 5.91 Å². The van der Waals surface area contributed by atoms with E-state index in [4.69, 9.17) is 4.99 Å². The van der Waals surface area contributed by atoms with Crippen molar-refractivity contribution in [3.05, 3.63) is 0 Å². The second-order valence-electron chi connectivity index (χ2n) is 8.70. The molecule has 1 amide bonds. The Morgan fingerprint density at radius 2 is 1.77 bits per heavy atom. The van der Waals surface area contributed by atoms with Gasteiger partial charge in [-0.25, -0.2) is 0 Å². The Labute approximate surface area is 201 Å². The Kier molecular flexibility index (Phi) is 13.9. The molecule has 0 aromatic heterocycles. The lowest BCUT2D eigenvalue weighted by Crippen LogP contribution is -2.43. The number of aliphatic imine (C=N–C) groups is 1. The van der Waals surface area contributed by atoms with Gasteiger partial charge in [0.05, 0.1) is 6.04 Å². The fraction of sp³-hybridized carbons (Fsp3) is 0.909. The number of nitrogens with zero attached hydrogens (tertiary/aromatic N) is 4. The van der Waals surface area contributed by atoms with E-state index in [0.29, 0.717) is 0 Å².